The summed E-state index contributed by atoms with van der Waals surface area (Å²) in [6.07, 6.45) is 0. The Bertz CT molecular complexity index is 641. The van der Waals surface area contributed by atoms with Crippen molar-refractivity contribution in [2.24, 2.45) is 0 Å². The van der Waals surface area contributed by atoms with Gasteiger partial charge in [0.2, 0.25) is 5.75 Å². The second-order valence-electron chi connectivity index (χ2n) is 4.24. The number of ether oxygens (including phenoxy) is 1. The van der Waals surface area contributed by atoms with E-state index in [0.29, 0.717) is 5.75 Å². The van der Waals surface area contributed by atoms with Crippen LogP contribution in [0.4, 0.5) is 10.1 Å². The second-order valence-corrected chi connectivity index (χ2v) is 4.24. The minimum absolute atomic E-state index is 0.0984. The highest BCUT2D eigenvalue weighted by atomic mass is 19.1. The first-order valence-electron chi connectivity index (χ1n) is 5.66. The van der Waals surface area contributed by atoms with E-state index in [1.807, 2.05) is 26.0 Å². The Kier molecular flexibility index (Phi) is 3.46. The third-order valence-electron chi connectivity index (χ3n) is 2.68. The lowest BCUT2D eigenvalue weighted by Gasteiger charge is -2.09. The first-order valence-corrected chi connectivity index (χ1v) is 5.66. The molecule has 0 aliphatic heterocycles. The van der Waals surface area contributed by atoms with Gasteiger partial charge in [-0.05, 0) is 37.1 Å². The Morgan fingerprint density at radius 1 is 1.11 bits per heavy atom. The van der Waals surface area contributed by atoms with Gasteiger partial charge < -0.3 is 4.74 Å². The van der Waals surface area contributed by atoms with Crippen LogP contribution in [0.1, 0.15) is 11.1 Å². The molecule has 0 unspecified atom stereocenters. The second kappa shape index (κ2) is 5.06. The van der Waals surface area contributed by atoms with Crippen LogP contribution in [-0.4, -0.2) is 4.92 Å². The molecule has 19 heavy (non-hydrogen) atoms. The Balaban J connectivity index is 2.45. The molecule has 0 aliphatic carbocycles. The molecular formula is C14H12FNO3. The molecule has 0 aromatic heterocycles. The first kappa shape index (κ1) is 13.0. The van der Waals surface area contributed by atoms with Gasteiger partial charge in [-0.1, -0.05) is 12.1 Å². The van der Waals surface area contributed by atoms with Crippen LogP contribution in [0, 0.1) is 29.8 Å². The molecule has 98 valence electrons. The first-order chi connectivity index (χ1) is 8.97. The molecule has 0 bridgehead atoms. The molecule has 0 atom stereocenters. The molecule has 0 saturated carbocycles. The zero-order chi connectivity index (χ0) is 14.0. The molecule has 0 aliphatic rings. The molecule has 0 spiro atoms. The predicted molar refractivity (Wildman–Crippen MR) is 69.0 cm³/mol. The zero-order valence-corrected chi connectivity index (χ0v) is 10.5. The number of nitro benzene ring substituents is 1. The maximum absolute atomic E-state index is 13.2. The number of rotatable bonds is 3. The van der Waals surface area contributed by atoms with Crippen LogP contribution in [0.15, 0.2) is 36.4 Å². The van der Waals surface area contributed by atoms with E-state index in [9.17, 15) is 14.5 Å². The predicted octanol–water partition coefficient (Wildman–Crippen LogP) is 4.14. The number of nitrogens with zero attached hydrogens (tertiary/aromatic N) is 1. The van der Waals surface area contributed by atoms with E-state index < -0.39 is 10.7 Å². The molecule has 0 N–H and O–H groups in total. The SMILES string of the molecule is Cc1ccc(C)c(Oc2cc(F)ccc2[N+](=O)[O-])c1. The van der Waals surface area contributed by atoms with Crippen LogP contribution in [-0.2, 0) is 0 Å². The van der Waals surface area contributed by atoms with Crippen LogP contribution in [0.25, 0.3) is 0 Å². The topological polar surface area (TPSA) is 52.4 Å². The third kappa shape index (κ3) is 2.88. The summed E-state index contributed by atoms with van der Waals surface area (Å²) in [5, 5.41) is 10.9. The molecule has 5 heteroatoms. The van der Waals surface area contributed by atoms with Crippen LogP contribution >= 0.6 is 0 Å². The third-order valence-corrected chi connectivity index (χ3v) is 2.68. The van der Waals surface area contributed by atoms with Crippen LogP contribution in [0.3, 0.4) is 0 Å². The highest BCUT2D eigenvalue weighted by molar-refractivity contribution is 5.50. The van der Waals surface area contributed by atoms with Crippen molar-refractivity contribution in [3.05, 3.63) is 63.5 Å². The fourth-order valence-electron chi connectivity index (χ4n) is 1.66. The Hall–Kier alpha value is -2.43. The maximum atomic E-state index is 13.2. The Labute approximate surface area is 109 Å². The van der Waals surface area contributed by atoms with E-state index in [2.05, 4.69) is 0 Å². The van der Waals surface area contributed by atoms with Crippen molar-refractivity contribution in [1.82, 2.24) is 0 Å². The van der Waals surface area contributed by atoms with Gasteiger partial charge in [-0.2, -0.15) is 0 Å². The normalized spacial score (nSPS) is 10.3. The number of halogens is 1. The largest absolute Gasteiger partial charge is 0.450 e. The molecular weight excluding hydrogens is 249 g/mol. The fourth-order valence-corrected chi connectivity index (χ4v) is 1.66. The van der Waals surface area contributed by atoms with Crippen molar-refractivity contribution in [2.45, 2.75) is 13.8 Å². The highest BCUT2D eigenvalue weighted by Gasteiger charge is 2.17. The summed E-state index contributed by atoms with van der Waals surface area (Å²) in [5.41, 5.74) is 1.52. The lowest BCUT2D eigenvalue weighted by atomic mass is 10.1. The molecule has 2 aromatic rings. The summed E-state index contributed by atoms with van der Waals surface area (Å²) < 4.78 is 18.7. The summed E-state index contributed by atoms with van der Waals surface area (Å²) in [6, 6.07) is 8.64. The van der Waals surface area contributed by atoms with Crippen molar-refractivity contribution in [2.75, 3.05) is 0 Å². The summed E-state index contributed by atoms with van der Waals surface area (Å²) in [7, 11) is 0. The molecule has 2 rings (SSSR count). The van der Waals surface area contributed by atoms with E-state index in [-0.39, 0.29) is 11.4 Å². The molecule has 0 amide bonds. The maximum Gasteiger partial charge on any atom is 0.311 e. The lowest BCUT2D eigenvalue weighted by Crippen LogP contribution is -1.95. The average molecular weight is 261 g/mol. The lowest BCUT2D eigenvalue weighted by molar-refractivity contribution is -0.385. The molecule has 0 radical (unpaired) electrons. The quantitative estimate of drug-likeness (QED) is 0.616. The number of hydrogen-bond acceptors (Lipinski definition) is 3. The number of benzene rings is 2. The summed E-state index contributed by atoms with van der Waals surface area (Å²) in [4.78, 5) is 10.3. The molecule has 2 aromatic carbocycles. The Morgan fingerprint density at radius 2 is 1.84 bits per heavy atom. The fraction of sp³-hybridized carbons (Fsp3) is 0.143. The van der Waals surface area contributed by atoms with E-state index in [0.717, 1.165) is 29.3 Å². The van der Waals surface area contributed by atoms with Gasteiger partial charge in [-0.15, -0.1) is 0 Å². The number of hydrogen-bond donors (Lipinski definition) is 0. The van der Waals surface area contributed by atoms with E-state index >= 15 is 0 Å². The molecule has 0 heterocycles. The van der Waals surface area contributed by atoms with Crippen molar-refractivity contribution < 1.29 is 14.1 Å². The van der Waals surface area contributed by atoms with Gasteiger partial charge in [0.25, 0.3) is 0 Å². The van der Waals surface area contributed by atoms with Gasteiger partial charge in [0.05, 0.1) is 4.92 Å². The number of aryl methyl sites for hydroxylation is 2. The minimum Gasteiger partial charge on any atom is -0.450 e. The molecule has 4 nitrogen and oxygen atoms in total. The van der Waals surface area contributed by atoms with Gasteiger partial charge in [-0.3, -0.25) is 10.1 Å². The molecule has 0 fully saturated rings. The Morgan fingerprint density at radius 3 is 2.53 bits per heavy atom. The smallest absolute Gasteiger partial charge is 0.311 e. The van der Waals surface area contributed by atoms with Gasteiger partial charge in [0.15, 0.2) is 0 Å². The average Bonchev–Trinajstić information content (AvgIpc) is 2.33. The minimum atomic E-state index is -0.597. The molecule has 0 saturated heterocycles. The number of nitro groups is 1. The van der Waals surface area contributed by atoms with Crippen LogP contribution in [0.2, 0.25) is 0 Å². The highest BCUT2D eigenvalue weighted by Crippen LogP contribution is 2.33. The standard InChI is InChI=1S/C14H12FNO3/c1-9-3-4-10(2)13(7-9)19-14-8-11(15)5-6-12(14)16(17)18/h3-8H,1-2H3. The van der Waals surface area contributed by atoms with Crippen LogP contribution < -0.4 is 4.74 Å². The summed E-state index contributed by atoms with van der Waals surface area (Å²) in [6.45, 7) is 3.70. The monoisotopic (exact) mass is 261 g/mol. The van der Waals surface area contributed by atoms with Gasteiger partial charge in [0.1, 0.15) is 11.6 Å². The van der Waals surface area contributed by atoms with Gasteiger partial charge in [0, 0.05) is 12.1 Å². The summed E-state index contributed by atoms with van der Waals surface area (Å²) in [5.74, 6) is -0.196. The summed E-state index contributed by atoms with van der Waals surface area (Å²) >= 11 is 0. The van der Waals surface area contributed by atoms with Crippen molar-refractivity contribution in [1.29, 1.82) is 0 Å². The van der Waals surface area contributed by atoms with Crippen molar-refractivity contribution in [3.8, 4) is 11.5 Å². The zero-order valence-electron chi connectivity index (χ0n) is 10.5. The van der Waals surface area contributed by atoms with Crippen molar-refractivity contribution >= 4 is 5.69 Å². The van der Waals surface area contributed by atoms with E-state index in [1.165, 1.54) is 0 Å². The van der Waals surface area contributed by atoms with Gasteiger partial charge in [-0.25, -0.2) is 4.39 Å². The van der Waals surface area contributed by atoms with Crippen molar-refractivity contribution in [3.63, 3.8) is 0 Å². The van der Waals surface area contributed by atoms with E-state index in [4.69, 9.17) is 4.74 Å². The van der Waals surface area contributed by atoms with Crippen LogP contribution in [0.5, 0.6) is 11.5 Å². The van der Waals surface area contributed by atoms with Gasteiger partial charge >= 0.3 is 5.69 Å². The van der Waals surface area contributed by atoms with E-state index in [1.54, 1.807) is 6.07 Å².